The first-order valence-electron chi connectivity index (χ1n) is 46.4. The third-order valence-corrected chi connectivity index (χ3v) is 20.9. The second-order valence-corrected chi connectivity index (χ2v) is 33.2. The topological polar surface area (TPSA) is 231 Å². The Balaban J connectivity index is 4.58. The van der Waals surface area contributed by atoms with Gasteiger partial charge in [0, 0.05) is 19.3 Å². The van der Waals surface area contributed by atoms with Gasteiger partial charge >= 0.3 is 33.6 Å². The first kappa shape index (κ1) is 113. The highest BCUT2D eigenvalue weighted by Crippen LogP contribution is 2.45. The van der Waals surface area contributed by atoms with Crippen LogP contribution in [0.5, 0.6) is 0 Å². The predicted octanol–water partition coefficient (Wildman–Crippen LogP) is 28.8. The van der Waals surface area contributed by atoms with Crippen LogP contribution in [0.4, 0.5) is 0 Å². The molecule has 119 heavy (non-hydrogen) atoms. The Hall–Kier alpha value is -5.87. The van der Waals surface area contributed by atoms with Crippen LogP contribution in [0.1, 0.15) is 355 Å². The minimum absolute atomic E-state index is 0.0272. The van der Waals surface area contributed by atoms with Crippen molar-refractivity contribution in [3.8, 4) is 0 Å². The van der Waals surface area contributed by atoms with Crippen LogP contribution in [0.3, 0.4) is 0 Å². The molecule has 0 amide bonds. The number of aliphatic hydroxyl groups is 2. The van der Waals surface area contributed by atoms with Gasteiger partial charge in [-0.15, -0.1) is 0 Å². The van der Waals surface area contributed by atoms with E-state index in [0.29, 0.717) is 25.7 Å². The van der Waals surface area contributed by atoms with Crippen LogP contribution in [-0.2, 0) is 55.8 Å². The van der Waals surface area contributed by atoms with Gasteiger partial charge in [-0.3, -0.25) is 32.5 Å². The second kappa shape index (κ2) is 91.3. The van der Waals surface area contributed by atoms with Crippen LogP contribution >= 0.6 is 15.6 Å². The number of phosphoric ester groups is 2. The average Bonchev–Trinajstić information content (AvgIpc) is 0.903. The van der Waals surface area contributed by atoms with E-state index in [0.717, 1.165) is 154 Å². The van der Waals surface area contributed by atoms with Crippen molar-refractivity contribution < 1.29 is 75.8 Å². The number of unbranched alkanes of at least 4 members (excludes halogenated alkanes) is 29. The number of hydrogen-bond donors (Lipinski definition) is 4. The van der Waals surface area contributed by atoms with Gasteiger partial charge < -0.3 is 34.2 Å². The molecule has 18 heteroatoms. The molecule has 0 bridgehead atoms. The molecular formula is C101H166O16P2. The first-order valence-corrected chi connectivity index (χ1v) is 49.4. The lowest BCUT2D eigenvalue weighted by Crippen LogP contribution is -2.29. The lowest BCUT2D eigenvalue weighted by Gasteiger charge is -2.21. The van der Waals surface area contributed by atoms with Crippen molar-refractivity contribution in [1.82, 2.24) is 0 Å². The summed E-state index contributed by atoms with van der Waals surface area (Å²) in [6, 6.07) is 0. The van der Waals surface area contributed by atoms with E-state index in [9.17, 15) is 43.5 Å². The predicted molar refractivity (Wildman–Crippen MR) is 500 cm³/mol. The average molecular weight is 1700 g/mol. The van der Waals surface area contributed by atoms with Gasteiger partial charge in [0.15, 0.2) is 6.10 Å². The van der Waals surface area contributed by atoms with Crippen molar-refractivity contribution in [2.45, 2.75) is 373 Å². The van der Waals surface area contributed by atoms with E-state index in [1.165, 1.54) is 135 Å². The van der Waals surface area contributed by atoms with Gasteiger partial charge in [0.2, 0.25) is 0 Å². The third-order valence-electron chi connectivity index (χ3n) is 19.0. The molecule has 0 heterocycles. The Morgan fingerprint density at radius 3 is 0.697 bits per heavy atom. The third kappa shape index (κ3) is 92.7. The summed E-state index contributed by atoms with van der Waals surface area (Å²) < 4.78 is 61.3. The maximum atomic E-state index is 13.0. The van der Waals surface area contributed by atoms with Crippen molar-refractivity contribution in [1.29, 1.82) is 0 Å². The number of phosphoric acid groups is 2. The van der Waals surface area contributed by atoms with Gasteiger partial charge in [-0.25, -0.2) is 9.13 Å². The Bertz CT molecular complexity index is 2990. The molecule has 0 aromatic rings. The molecule has 0 saturated carbocycles. The van der Waals surface area contributed by atoms with Crippen LogP contribution in [0.15, 0.2) is 207 Å². The highest BCUT2D eigenvalue weighted by Gasteiger charge is 2.29. The molecule has 0 aromatic heterocycles. The summed E-state index contributed by atoms with van der Waals surface area (Å²) in [5.41, 5.74) is 0. The lowest BCUT2D eigenvalue weighted by atomic mass is 10.0. The quantitative estimate of drug-likeness (QED) is 0.0146. The largest absolute Gasteiger partial charge is 0.472 e. The first-order chi connectivity index (χ1) is 58.2. The maximum absolute atomic E-state index is 13.0. The SMILES string of the molecule is CC/C=C\C/C=C\C/C=C\C/C=C\C/C=C\C/C=C\CCCCCCCCCCCCCCC(=O)OCC(COP(=O)(O)OCC(O)COP(=O)(O)OCC(O)COC(=O)CCCCCCCCCCCCCCCCCCC/C=C\C/C=C\C/C=C\C/C=C\C/C=C\CC)OC(=O)CC/C=C\C/C=C\C/C=C\C/C=C\C/C=C\C/C=C\CC. The number of esters is 3. The Kier molecular flexibility index (Phi) is 86.8. The smallest absolute Gasteiger partial charge is 0.463 e. The summed E-state index contributed by atoms with van der Waals surface area (Å²) in [4.78, 5) is 58.9. The van der Waals surface area contributed by atoms with Crippen LogP contribution in [-0.4, -0.2) is 95.9 Å². The van der Waals surface area contributed by atoms with Crippen molar-refractivity contribution in [2.75, 3.05) is 39.6 Å². The normalized spacial score (nSPS) is 14.7. The Morgan fingerprint density at radius 1 is 0.235 bits per heavy atom. The van der Waals surface area contributed by atoms with Crippen molar-refractivity contribution in [3.63, 3.8) is 0 Å². The molecule has 0 spiro atoms. The molecule has 0 fully saturated rings. The van der Waals surface area contributed by atoms with Gasteiger partial charge in [0.05, 0.1) is 26.4 Å². The summed E-state index contributed by atoms with van der Waals surface area (Å²) in [5.74, 6) is -1.68. The number of ether oxygens (including phenoxy) is 3. The van der Waals surface area contributed by atoms with Crippen LogP contribution < -0.4 is 0 Å². The summed E-state index contributed by atoms with van der Waals surface area (Å²) in [7, 11) is -9.84. The monoisotopic (exact) mass is 1700 g/mol. The molecule has 0 aromatic carbocycles. The summed E-state index contributed by atoms with van der Waals surface area (Å²) in [5, 5.41) is 20.7. The van der Waals surface area contributed by atoms with E-state index < -0.39 is 91.5 Å². The van der Waals surface area contributed by atoms with Crippen LogP contribution in [0, 0.1) is 0 Å². The maximum Gasteiger partial charge on any atom is 0.472 e. The standard InChI is InChI=1S/C101H166O16P2/c1-4-7-10-13-16-19-22-25-28-31-34-36-38-40-42-44-46-47-49-51-52-54-56-58-61-63-66-69-72-75-78-81-84-87-99(104)111-90-96(102)91-113-118(107,108)114-92-97(103)93-115-119(109,110)116-95-98(117-101(106)89-86-83-80-77-74-71-68-65-60-33-30-27-24-21-18-15-12-9-6-3)94-112-100(105)88-85-82-79-76-73-70-67-64-62-59-57-55-53-50-48-45-43-41-39-37-35-32-29-26-23-20-17-14-11-8-5-2/h7-12,16-21,25-30,34-37,40-43,48,50,60,65,71,74,80,83,96-98,102-103H,4-6,13-15,22-24,31-33,38-39,44-47,49,51-59,61-64,66-70,72-73,75-79,81-82,84-95H2,1-3H3,(H,107,108)(H,109,110)/b10-7-,11-8-,12-9-,19-16-,20-17-,21-18-,28-25-,29-26-,30-27-,36-34-,37-35-,42-40-,43-41-,50-48-,65-60-,74-71-,83-80-. The molecule has 0 aliphatic carbocycles. The molecule has 0 aliphatic heterocycles. The number of hydrogen-bond acceptors (Lipinski definition) is 14. The minimum atomic E-state index is -4.97. The fourth-order valence-corrected chi connectivity index (χ4v) is 13.7. The molecule has 0 rings (SSSR count). The van der Waals surface area contributed by atoms with Crippen molar-refractivity contribution in [3.05, 3.63) is 207 Å². The summed E-state index contributed by atoms with van der Waals surface area (Å²) in [6.07, 6.45) is 123. The van der Waals surface area contributed by atoms with Gasteiger partial charge in [-0.05, 0) is 154 Å². The molecule has 676 valence electrons. The molecule has 16 nitrogen and oxygen atoms in total. The van der Waals surface area contributed by atoms with E-state index in [4.69, 9.17) is 32.3 Å². The molecule has 0 saturated heterocycles. The van der Waals surface area contributed by atoms with E-state index in [1.807, 2.05) is 18.2 Å². The van der Waals surface area contributed by atoms with E-state index >= 15 is 0 Å². The van der Waals surface area contributed by atoms with Gasteiger partial charge in [0.1, 0.15) is 25.4 Å². The van der Waals surface area contributed by atoms with Crippen molar-refractivity contribution >= 4 is 33.6 Å². The molecule has 5 atom stereocenters. The van der Waals surface area contributed by atoms with E-state index in [1.54, 1.807) is 0 Å². The fourth-order valence-electron chi connectivity index (χ4n) is 12.1. The molecule has 5 unspecified atom stereocenters. The Labute approximate surface area is 724 Å². The van der Waals surface area contributed by atoms with Crippen LogP contribution in [0.2, 0.25) is 0 Å². The van der Waals surface area contributed by atoms with Gasteiger partial charge in [-0.2, -0.15) is 0 Å². The van der Waals surface area contributed by atoms with Crippen LogP contribution in [0.25, 0.3) is 0 Å². The molecular weight excluding hydrogens is 1530 g/mol. The van der Waals surface area contributed by atoms with E-state index in [2.05, 4.69) is 209 Å². The minimum Gasteiger partial charge on any atom is -0.463 e. The summed E-state index contributed by atoms with van der Waals surface area (Å²) >= 11 is 0. The highest BCUT2D eigenvalue weighted by atomic mass is 31.2. The summed E-state index contributed by atoms with van der Waals surface area (Å²) in [6.45, 7) is 2.27. The zero-order valence-corrected chi connectivity index (χ0v) is 76.2. The Morgan fingerprint density at radius 2 is 0.437 bits per heavy atom. The highest BCUT2D eigenvalue weighted by molar-refractivity contribution is 7.47. The lowest BCUT2D eigenvalue weighted by molar-refractivity contribution is -0.161. The number of allylic oxidation sites excluding steroid dienone is 34. The number of aliphatic hydroxyl groups excluding tert-OH is 2. The number of carbonyl (C=O) groups excluding carboxylic acids is 3. The number of rotatable bonds is 86. The molecule has 4 N–H and O–H groups in total. The molecule has 0 aliphatic rings. The second-order valence-electron chi connectivity index (χ2n) is 30.3. The van der Waals surface area contributed by atoms with E-state index in [-0.39, 0.29) is 19.3 Å². The fraction of sp³-hybridized carbons (Fsp3) is 0.634. The van der Waals surface area contributed by atoms with Gasteiger partial charge in [-0.1, -0.05) is 388 Å². The zero-order chi connectivity index (χ0) is 86.5. The number of carbonyl (C=O) groups is 3. The molecule has 0 radical (unpaired) electrons. The zero-order valence-electron chi connectivity index (χ0n) is 74.5. The van der Waals surface area contributed by atoms with Crippen molar-refractivity contribution in [2.24, 2.45) is 0 Å². The van der Waals surface area contributed by atoms with Gasteiger partial charge in [0.25, 0.3) is 0 Å².